The summed E-state index contributed by atoms with van der Waals surface area (Å²) in [5.41, 5.74) is 2.50. The molecular formula is C15H17BrClNS. The van der Waals surface area contributed by atoms with Gasteiger partial charge in [-0.2, -0.15) is 0 Å². The minimum absolute atomic E-state index is 0.336. The molecule has 0 aliphatic heterocycles. The number of thiophene rings is 1. The van der Waals surface area contributed by atoms with Crippen molar-refractivity contribution in [1.82, 2.24) is 5.32 Å². The van der Waals surface area contributed by atoms with Gasteiger partial charge in [-0.15, -0.1) is 11.3 Å². The highest BCUT2D eigenvalue weighted by Crippen LogP contribution is 2.32. The van der Waals surface area contributed by atoms with Crippen LogP contribution in [0.15, 0.2) is 34.8 Å². The highest BCUT2D eigenvalue weighted by molar-refractivity contribution is 9.10. The topological polar surface area (TPSA) is 12.0 Å². The van der Waals surface area contributed by atoms with Crippen LogP contribution in [-0.2, 0) is 6.42 Å². The van der Waals surface area contributed by atoms with Gasteiger partial charge in [0.1, 0.15) is 0 Å². The second-order valence-electron chi connectivity index (χ2n) is 4.55. The molecule has 0 bridgehead atoms. The van der Waals surface area contributed by atoms with E-state index in [1.165, 1.54) is 16.0 Å². The molecule has 4 heteroatoms. The minimum atomic E-state index is 0.336. The van der Waals surface area contributed by atoms with E-state index in [1.54, 1.807) is 11.3 Å². The number of halogens is 2. The van der Waals surface area contributed by atoms with Gasteiger partial charge in [0.2, 0.25) is 0 Å². The number of aryl methyl sites for hydroxylation is 1. The van der Waals surface area contributed by atoms with Gasteiger partial charge in [-0.05, 0) is 49.2 Å². The summed E-state index contributed by atoms with van der Waals surface area (Å²) in [6.07, 6.45) is 0.984. The Hall–Kier alpha value is -0.350. The van der Waals surface area contributed by atoms with Gasteiger partial charge in [0.15, 0.2) is 0 Å². The Labute approximate surface area is 132 Å². The van der Waals surface area contributed by atoms with Crippen LogP contribution in [0.25, 0.3) is 0 Å². The van der Waals surface area contributed by atoms with Gasteiger partial charge < -0.3 is 5.32 Å². The van der Waals surface area contributed by atoms with Crippen LogP contribution >= 0.6 is 38.9 Å². The average Bonchev–Trinajstić information content (AvgIpc) is 2.72. The third-order valence-corrected chi connectivity index (χ3v) is 5.22. The molecule has 1 N–H and O–H groups in total. The van der Waals surface area contributed by atoms with Crippen molar-refractivity contribution in [2.75, 3.05) is 6.54 Å². The Kier molecular flexibility index (Phi) is 5.46. The third-order valence-electron chi connectivity index (χ3n) is 3.02. The van der Waals surface area contributed by atoms with Crippen molar-refractivity contribution >= 4 is 38.9 Å². The fraction of sp³-hybridized carbons (Fsp3) is 0.333. The van der Waals surface area contributed by atoms with Crippen molar-refractivity contribution < 1.29 is 0 Å². The molecule has 1 aromatic heterocycles. The van der Waals surface area contributed by atoms with E-state index in [2.05, 4.69) is 65.4 Å². The van der Waals surface area contributed by atoms with Gasteiger partial charge >= 0.3 is 0 Å². The largest absolute Gasteiger partial charge is 0.309 e. The molecule has 2 aromatic rings. The van der Waals surface area contributed by atoms with Crippen LogP contribution in [0, 0.1) is 6.92 Å². The van der Waals surface area contributed by atoms with Crippen LogP contribution in [0.3, 0.4) is 0 Å². The van der Waals surface area contributed by atoms with Gasteiger partial charge in [0.25, 0.3) is 0 Å². The molecule has 0 fully saturated rings. The second kappa shape index (κ2) is 6.89. The summed E-state index contributed by atoms with van der Waals surface area (Å²) < 4.78 is 2.01. The Morgan fingerprint density at radius 2 is 2.00 bits per heavy atom. The van der Waals surface area contributed by atoms with Crippen LogP contribution in [-0.4, -0.2) is 6.54 Å². The maximum Gasteiger partial charge on any atom is 0.0960 e. The molecule has 0 saturated heterocycles. The Bertz CT molecular complexity index is 516. The van der Waals surface area contributed by atoms with E-state index in [0.29, 0.717) is 6.04 Å². The monoisotopic (exact) mass is 357 g/mol. The van der Waals surface area contributed by atoms with Gasteiger partial charge in [-0.25, -0.2) is 0 Å². The fourth-order valence-electron chi connectivity index (χ4n) is 2.03. The molecule has 0 spiro atoms. The van der Waals surface area contributed by atoms with Gasteiger partial charge in [0, 0.05) is 15.4 Å². The predicted molar refractivity (Wildman–Crippen MR) is 88.3 cm³/mol. The number of hydrogen-bond donors (Lipinski definition) is 1. The quantitative estimate of drug-likeness (QED) is 0.758. The van der Waals surface area contributed by atoms with E-state index in [-0.39, 0.29) is 0 Å². The standard InChI is InChI=1S/C15H17BrClNS/c1-3-18-13(14-8-10(2)15(17)19-14)9-11-4-6-12(16)7-5-11/h4-8,13,18H,3,9H2,1-2H3. The lowest BCUT2D eigenvalue weighted by atomic mass is 10.0. The van der Waals surface area contributed by atoms with Crippen LogP contribution < -0.4 is 5.32 Å². The molecule has 0 radical (unpaired) electrons. The van der Waals surface area contributed by atoms with Gasteiger partial charge in [-0.1, -0.05) is 46.6 Å². The Morgan fingerprint density at radius 1 is 1.32 bits per heavy atom. The summed E-state index contributed by atoms with van der Waals surface area (Å²) in [6, 6.07) is 11.0. The molecule has 1 heterocycles. The first kappa shape index (κ1) is 15.0. The average molecular weight is 359 g/mol. The normalized spacial score (nSPS) is 12.6. The second-order valence-corrected chi connectivity index (χ2v) is 7.15. The molecule has 2 rings (SSSR count). The van der Waals surface area contributed by atoms with E-state index in [4.69, 9.17) is 11.6 Å². The summed E-state index contributed by atoms with van der Waals surface area (Å²) in [5.74, 6) is 0. The molecule has 0 saturated carbocycles. The summed E-state index contributed by atoms with van der Waals surface area (Å²) in [5, 5.41) is 3.54. The number of rotatable bonds is 5. The van der Waals surface area contributed by atoms with E-state index in [1.807, 2.05) is 0 Å². The summed E-state index contributed by atoms with van der Waals surface area (Å²) in [4.78, 5) is 1.31. The lowest BCUT2D eigenvalue weighted by Gasteiger charge is -2.16. The van der Waals surface area contributed by atoms with Crippen molar-refractivity contribution in [3.8, 4) is 0 Å². The smallest absolute Gasteiger partial charge is 0.0960 e. The van der Waals surface area contributed by atoms with E-state index in [9.17, 15) is 0 Å². The van der Waals surface area contributed by atoms with E-state index in [0.717, 1.165) is 21.8 Å². The lowest BCUT2D eigenvalue weighted by Crippen LogP contribution is -2.22. The van der Waals surface area contributed by atoms with Crippen LogP contribution in [0.1, 0.15) is 29.0 Å². The molecular weight excluding hydrogens is 342 g/mol. The molecule has 0 aliphatic carbocycles. The number of hydrogen-bond acceptors (Lipinski definition) is 2. The van der Waals surface area contributed by atoms with Gasteiger partial charge in [0.05, 0.1) is 4.34 Å². The number of benzene rings is 1. The van der Waals surface area contributed by atoms with Crippen molar-refractivity contribution in [3.63, 3.8) is 0 Å². The fourth-order valence-corrected chi connectivity index (χ4v) is 3.59. The molecule has 0 amide bonds. The van der Waals surface area contributed by atoms with Crippen LogP contribution in [0.2, 0.25) is 4.34 Å². The van der Waals surface area contributed by atoms with Gasteiger partial charge in [-0.3, -0.25) is 0 Å². The minimum Gasteiger partial charge on any atom is -0.309 e. The maximum atomic E-state index is 6.18. The zero-order valence-electron chi connectivity index (χ0n) is 11.0. The first-order chi connectivity index (χ1) is 9.10. The highest BCUT2D eigenvalue weighted by atomic mass is 79.9. The van der Waals surface area contributed by atoms with Crippen molar-refractivity contribution in [2.45, 2.75) is 26.3 Å². The van der Waals surface area contributed by atoms with E-state index < -0.39 is 0 Å². The maximum absolute atomic E-state index is 6.18. The number of nitrogens with one attached hydrogen (secondary N) is 1. The molecule has 0 aliphatic rings. The molecule has 1 unspecified atom stereocenters. The lowest BCUT2D eigenvalue weighted by molar-refractivity contribution is 0.558. The molecule has 1 atom stereocenters. The molecule has 1 aromatic carbocycles. The summed E-state index contributed by atoms with van der Waals surface area (Å²) >= 11 is 11.3. The summed E-state index contributed by atoms with van der Waals surface area (Å²) in [6.45, 7) is 5.15. The highest BCUT2D eigenvalue weighted by Gasteiger charge is 2.15. The van der Waals surface area contributed by atoms with Crippen LogP contribution in [0.4, 0.5) is 0 Å². The SMILES string of the molecule is CCNC(Cc1ccc(Br)cc1)c1cc(C)c(Cl)s1. The zero-order valence-corrected chi connectivity index (χ0v) is 14.2. The first-order valence-corrected chi connectivity index (χ1v) is 8.32. The molecule has 1 nitrogen and oxygen atoms in total. The van der Waals surface area contributed by atoms with Crippen molar-refractivity contribution in [2.24, 2.45) is 0 Å². The Balaban J connectivity index is 2.18. The summed E-state index contributed by atoms with van der Waals surface area (Å²) in [7, 11) is 0. The van der Waals surface area contributed by atoms with Crippen molar-refractivity contribution in [3.05, 3.63) is 55.1 Å². The van der Waals surface area contributed by atoms with Crippen molar-refractivity contribution in [1.29, 1.82) is 0 Å². The molecule has 102 valence electrons. The third kappa shape index (κ3) is 4.06. The zero-order chi connectivity index (χ0) is 13.8. The predicted octanol–water partition coefficient (Wildman–Crippen LogP) is 5.37. The molecule has 19 heavy (non-hydrogen) atoms. The van der Waals surface area contributed by atoms with E-state index >= 15 is 0 Å². The Morgan fingerprint density at radius 3 is 2.53 bits per heavy atom. The first-order valence-electron chi connectivity index (χ1n) is 6.33. The van der Waals surface area contributed by atoms with Crippen LogP contribution in [0.5, 0.6) is 0 Å². The number of likely N-dealkylation sites (N-methyl/N-ethyl adjacent to an activating group) is 1.